The third-order valence-corrected chi connectivity index (χ3v) is 2.35. The zero-order chi connectivity index (χ0) is 17.6. The van der Waals surface area contributed by atoms with Gasteiger partial charge in [0.15, 0.2) is 0 Å². The Bertz CT molecular complexity index is 668. The number of hydrogen-bond acceptors (Lipinski definition) is 6. The molecule has 23 heavy (non-hydrogen) atoms. The maximum absolute atomic E-state index is 12.3. The predicted octanol–water partition coefficient (Wildman–Crippen LogP) is 3.36. The molecule has 0 radical (unpaired) electrons. The molecule has 124 valence electrons. The van der Waals surface area contributed by atoms with Crippen LogP contribution in [0.5, 0.6) is 0 Å². The molecule has 0 aliphatic carbocycles. The number of ether oxygens (including phenoxy) is 1. The number of aliphatic hydroxyl groups is 1. The molecule has 2 N–H and O–H groups in total. The van der Waals surface area contributed by atoms with E-state index in [0.29, 0.717) is 0 Å². The van der Waals surface area contributed by atoms with Crippen molar-refractivity contribution in [1.29, 1.82) is 0 Å². The van der Waals surface area contributed by atoms with Gasteiger partial charge in [0.2, 0.25) is 11.5 Å². The first-order valence-electron chi connectivity index (χ1n) is 6.10. The van der Waals surface area contributed by atoms with Crippen molar-refractivity contribution in [3.63, 3.8) is 0 Å². The fourth-order valence-electron chi connectivity index (χ4n) is 1.37. The van der Waals surface area contributed by atoms with Crippen LogP contribution in [0, 0.1) is 0 Å². The minimum atomic E-state index is -5.30. The van der Waals surface area contributed by atoms with Gasteiger partial charge in [0.1, 0.15) is 5.69 Å². The maximum atomic E-state index is 12.3. The second-order valence-electron chi connectivity index (χ2n) is 3.94. The first kappa shape index (κ1) is 18.1. The van der Waals surface area contributed by atoms with E-state index in [-0.39, 0.29) is 17.9 Å². The van der Waals surface area contributed by atoms with Crippen LogP contribution in [0.3, 0.4) is 0 Å². The zero-order valence-electron chi connectivity index (χ0n) is 11.7. The van der Waals surface area contributed by atoms with Crippen molar-refractivity contribution < 1.29 is 37.7 Å². The van der Waals surface area contributed by atoms with Crippen molar-refractivity contribution in [3.05, 3.63) is 41.3 Å². The summed E-state index contributed by atoms with van der Waals surface area (Å²) >= 11 is 0. The molecular weight excluding hydrogens is 321 g/mol. The number of allylic oxidation sites excluding steroid dienone is 1. The lowest BCUT2D eigenvalue weighted by atomic mass is 10.2. The standard InChI is InChI=1S/C13H11F3N2O5/c1-2-23-12(22)7-5-3-4-6-8(7)17-18-9(11(20)21)10(19)13(14,15)16/h3-6,19H,2H2,1H3,(H,20,21)/b10-9+,18-17?. The lowest BCUT2D eigenvalue weighted by molar-refractivity contribution is -0.138. The predicted molar refractivity (Wildman–Crippen MR) is 70.3 cm³/mol. The van der Waals surface area contributed by atoms with Crippen molar-refractivity contribution >= 4 is 17.6 Å². The Morgan fingerprint density at radius 3 is 2.35 bits per heavy atom. The maximum Gasteiger partial charge on any atom is 0.451 e. The van der Waals surface area contributed by atoms with Gasteiger partial charge < -0.3 is 14.9 Å². The molecule has 0 fully saturated rings. The van der Waals surface area contributed by atoms with E-state index >= 15 is 0 Å². The summed E-state index contributed by atoms with van der Waals surface area (Å²) in [5, 5.41) is 23.8. The van der Waals surface area contributed by atoms with Crippen molar-refractivity contribution in [1.82, 2.24) is 0 Å². The van der Waals surface area contributed by atoms with Gasteiger partial charge >= 0.3 is 18.1 Å². The molecule has 0 heterocycles. The summed E-state index contributed by atoms with van der Waals surface area (Å²) in [6, 6.07) is 5.36. The van der Waals surface area contributed by atoms with Crippen molar-refractivity contribution in [2.24, 2.45) is 10.2 Å². The minimum Gasteiger partial charge on any atom is -0.502 e. The molecule has 1 aromatic carbocycles. The lowest BCUT2D eigenvalue weighted by Gasteiger charge is -2.06. The van der Waals surface area contributed by atoms with Gasteiger partial charge in [0.25, 0.3) is 0 Å². The molecule has 7 nitrogen and oxygen atoms in total. The molecule has 0 saturated carbocycles. The minimum absolute atomic E-state index is 0.0550. The molecule has 0 spiro atoms. The summed E-state index contributed by atoms with van der Waals surface area (Å²) in [4.78, 5) is 22.4. The van der Waals surface area contributed by atoms with Crippen molar-refractivity contribution in [2.75, 3.05) is 6.61 Å². The van der Waals surface area contributed by atoms with E-state index in [2.05, 4.69) is 10.2 Å². The Labute approximate surface area is 127 Å². The van der Waals surface area contributed by atoms with Gasteiger partial charge in [-0.15, -0.1) is 10.2 Å². The number of carbonyl (C=O) groups excluding carboxylic acids is 1. The van der Waals surface area contributed by atoms with Crippen LogP contribution in [-0.2, 0) is 9.53 Å². The van der Waals surface area contributed by atoms with E-state index in [1.165, 1.54) is 24.3 Å². The Kier molecular flexibility index (Phi) is 5.82. The summed E-state index contributed by atoms with van der Waals surface area (Å²) in [7, 11) is 0. The highest BCUT2D eigenvalue weighted by atomic mass is 19.4. The Morgan fingerprint density at radius 1 is 1.22 bits per heavy atom. The van der Waals surface area contributed by atoms with Crippen LogP contribution < -0.4 is 0 Å². The van der Waals surface area contributed by atoms with Gasteiger partial charge in [0.05, 0.1) is 12.2 Å². The molecule has 0 saturated heterocycles. The van der Waals surface area contributed by atoms with E-state index < -0.39 is 29.6 Å². The van der Waals surface area contributed by atoms with Crippen LogP contribution >= 0.6 is 0 Å². The third-order valence-electron chi connectivity index (χ3n) is 2.35. The first-order valence-corrected chi connectivity index (χ1v) is 6.10. The van der Waals surface area contributed by atoms with Crippen LogP contribution in [0.4, 0.5) is 18.9 Å². The number of aliphatic hydroxyl groups excluding tert-OH is 1. The largest absolute Gasteiger partial charge is 0.502 e. The van der Waals surface area contributed by atoms with Gasteiger partial charge in [-0.2, -0.15) is 13.2 Å². The molecule has 0 bridgehead atoms. The smallest absolute Gasteiger partial charge is 0.451 e. The monoisotopic (exact) mass is 332 g/mol. The van der Waals surface area contributed by atoms with E-state index in [9.17, 15) is 22.8 Å². The Balaban J connectivity index is 3.27. The lowest BCUT2D eigenvalue weighted by Crippen LogP contribution is -2.16. The average Bonchev–Trinajstić information content (AvgIpc) is 2.46. The Hall–Kier alpha value is -2.91. The van der Waals surface area contributed by atoms with Gasteiger partial charge in [-0.3, -0.25) is 0 Å². The van der Waals surface area contributed by atoms with E-state index in [1.807, 2.05) is 0 Å². The number of nitrogens with zero attached hydrogens (tertiary/aromatic N) is 2. The SMILES string of the molecule is CCOC(=O)c1ccccc1N=N/C(C(=O)O)=C(/O)C(F)(F)F. The fraction of sp³-hybridized carbons (Fsp3) is 0.231. The highest BCUT2D eigenvalue weighted by molar-refractivity contribution is 5.94. The number of carboxylic acid groups (broad SMARTS) is 1. The van der Waals surface area contributed by atoms with E-state index in [0.717, 1.165) is 0 Å². The second-order valence-corrected chi connectivity index (χ2v) is 3.94. The van der Waals surface area contributed by atoms with Gasteiger partial charge in [-0.25, -0.2) is 9.59 Å². The van der Waals surface area contributed by atoms with Gasteiger partial charge in [0, 0.05) is 0 Å². The van der Waals surface area contributed by atoms with Gasteiger partial charge in [-0.05, 0) is 19.1 Å². The number of benzene rings is 1. The third kappa shape index (κ3) is 4.80. The number of azo groups is 1. The zero-order valence-corrected chi connectivity index (χ0v) is 11.7. The number of esters is 1. The molecule has 1 aromatic rings. The molecule has 0 aliphatic heterocycles. The first-order chi connectivity index (χ1) is 10.7. The number of carboxylic acids is 1. The molecule has 10 heteroatoms. The highest BCUT2D eigenvalue weighted by Gasteiger charge is 2.39. The fourth-order valence-corrected chi connectivity index (χ4v) is 1.37. The van der Waals surface area contributed by atoms with Crippen LogP contribution in [0.15, 0.2) is 46.0 Å². The average molecular weight is 332 g/mol. The summed E-state index contributed by atoms with van der Waals surface area (Å²) in [5.74, 6) is -5.33. The van der Waals surface area contributed by atoms with Crippen LogP contribution in [0.2, 0.25) is 0 Å². The van der Waals surface area contributed by atoms with Crippen LogP contribution in [0.25, 0.3) is 0 Å². The number of carbonyl (C=O) groups is 2. The number of rotatable bonds is 5. The molecule has 1 rings (SSSR count). The molecule has 0 aliphatic rings. The molecule has 0 aromatic heterocycles. The summed E-state index contributed by atoms with van der Waals surface area (Å²) in [6.45, 7) is 1.61. The highest BCUT2D eigenvalue weighted by Crippen LogP contribution is 2.28. The van der Waals surface area contributed by atoms with Gasteiger partial charge in [-0.1, -0.05) is 12.1 Å². The van der Waals surface area contributed by atoms with E-state index in [4.69, 9.17) is 14.9 Å². The molecule has 0 amide bonds. The molecule has 0 unspecified atom stereocenters. The number of alkyl halides is 3. The van der Waals surface area contributed by atoms with Crippen molar-refractivity contribution in [3.8, 4) is 0 Å². The summed E-state index contributed by atoms with van der Waals surface area (Å²) < 4.78 is 41.8. The number of aliphatic carboxylic acids is 1. The topological polar surface area (TPSA) is 109 Å². The quantitative estimate of drug-likeness (QED) is 0.372. The van der Waals surface area contributed by atoms with Crippen LogP contribution in [-0.4, -0.2) is 34.9 Å². The normalized spacial score (nSPS) is 12.9. The Morgan fingerprint density at radius 2 is 1.83 bits per heavy atom. The van der Waals surface area contributed by atoms with Crippen LogP contribution in [0.1, 0.15) is 17.3 Å². The van der Waals surface area contributed by atoms with E-state index in [1.54, 1.807) is 6.92 Å². The second kappa shape index (κ2) is 7.38. The summed E-state index contributed by atoms with van der Waals surface area (Å²) in [5.41, 5.74) is -2.02. The number of hydrogen-bond donors (Lipinski definition) is 2. The molecule has 0 atom stereocenters. The summed E-state index contributed by atoms with van der Waals surface area (Å²) in [6.07, 6.45) is -5.30. The number of halogens is 3. The van der Waals surface area contributed by atoms with Crippen molar-refractivity contribution in [2.45, 2.75) is 13.1 Å². The molecular formula is C13H11F3N2O5.